The molecule has 3 aromatic rings. The van der Waals surface area contributed by atoms with Crippen LogP contribution in [0.3, 0.4) is 0 Å². The third-order valence-corrected chi connectivity index (χ3v) is 6.12. The highest BCUT2D eigenvalue weighted by molar-refractivity contribution is 5.86. The number of furan rings is 1. The number of nitrogens with one attached hydrogen (secondary N) is 2. The molecule has 7 heteroatoms. The standard InChI is InChI=1S/C24H25N3O4/c1-2-30-16-11-9-15(10-12-16)23-20-21(18-7-3-4-8-19(18)28)25-26-22(20)24(29)27(23)14-17-6-5-13-31-17/h3-13,20-23,25-26,28H,2,14H2,1H3. The zero-order valence-corrected chi connectivity index (χ0v) is 17.2. The molecule has 5 rings (SSSR count). The van der Waals surface area contributed by atoms with Gasteiger partial charge in [-0.05, 0) is 42.8 Å². The number of hydrazine groups is 1. The van der Waals surface area contributed by atoms with Gasteiger partial charge in [-0.2, -0.15) is 0 Å². The van der Waals surface area contributed by atoms with E-state index < -0.39 is 6.04 Å². The summed E-state index contributed by atoms with van der Waals surface area (Å²) < 4.78 is 11.1. The molecule has 2 aromatic carbocycles. The zero-order valence-electron chi connectivity index (χ0n) is 17.2. The second kappa shape index (κ2) is 8.09. The molecule has 3 heterocycles. The number of carbonyl (C=O) groups is 1. The summed E-state index contributed by atoms with van der Waals surface area (Å²) in [5.74, 6) is 1.63. The SMILES string of the molecule is CCOc1ccc(C2C3C(NNC3c3ccccc3O)C(=O)N2Cc2ccco2)cc1. The van der Waals surface area contributed by atoms with Gasteiger partial charge in [-0.1, -0.05) is 30.3 Å². The first-order chi connectivity index (χ1) is 15.2. The smallest absolute Gasteiger partial charge is 0.242 e. The fourth-order valence-electron chi connectivity index (χ4n) is 4.79. The van der Waals surface area contributed by atoms with E-state index in [9.17, 15) is 9.90 Å². The number of hydrogen-bond donors (Lipinski definition) is 3. The topological polar surface area (TPSA) is 87.0 Å². The van der Waals surface area contributed by atoms with Crippen LogP contribution in [0.1, 0.15) is 35.9 Å². The number of phenols is 1. The van der Waals surface area contributed by atoms with Crippen LogP contribution in [-0.4, -0.2) is 28.6 Å². The van der Waals surface area contributed by atoms with Gasteiger partial charge in [0.15, 0.2) is 0 Å². The number of likely N-dealkylation sites (tertiary alicyclic amines) is 1. The van der Waals surface area contributed by atoms with Gasteiger partial charge < -0.3 is 19.2 Å². The molecule has 0 radical (unpaired) electrons. The molecule has 2 fully saturated rings. The average Bonchev–Trinajstić information content (AvgIpc) is 3.50. The van der Waals surface area contributed by atoms with E-state index in [1.807, 2.05) is 60.4 Å². The lowest BCUT2D eigenvalue weighted by Crippen LogP contribution is -2.41. The lowest BCUT2D eigenvalue weighted by molar-refractivity contribution is -0.131. The molecule has 0 bridgehead atoms. The van der Waals surface area contributed by atoms with Gasteiger partial charge in [0, 0.05) is 11.5 Å². The maximum atomic E-state index is 13.4. The molecule has 2 aliphatic heterocycles. The van der Waals surface area contributed by atoms with Gasteiger partial charge >= 0.3 is 0 Å². The van der Waals surface area contributed by atoms with Crippen molar-refractivity contribution < 1.29 is 19.1 Å². The minimum Gasteiger partial charge on any atom is -0.508 e. The van der Waals surface area contributed by atoms with Crippen molar-refractivity contribution in [2.45, 2.75) is 31.6 Å². The predicted molar refractivity (Wildman–Crippen MR) is 114 cm³/mol. The molecule has 0 saturated carbocycles. The van der Waals surface area contributed by atoms with E-state index in [2.05, 4.69) is 10.9 Å². The van der Waals surface area contributed by atoms with E-state index >= 15 is 0 Å². The Bertz CT molecular complexity index is 1050. The first-order valence-electron chi connectivity index (χ1n) is 10.5. The summed E-state index contributed by atoms with van der Waals surface area (Å²) in [6, 6.07) is 18.0. The first-order valence-corrected chi connectivity index (χ1v) is 10.5. The summed E-state index contributed by atoms with van der Waals surface area (Å²) in [7, 11) is 0. The zero-order chi connectivity index (χ0) is 21.4. The molecule has 4 atom stereocenters. The summed E-state index contributed by atoms with van der Waals surface area (Å²) in [6.07, 6.45) is 1.62. The molecule has 4 unspecified atom stereocenters. The number of fused-ring (bicyclic) bond motifs is 1. The molecule has 2 aliphatic rings. The normalized spacial score (nSPS) is 25.1. The summed E-state index contributed by atoms with van der Waals surface area (Å²) in [5.41, 5.74) is 8.21. The molecule has 7 nitrogen and oxygen atoms in total. The van der Waals surface area contributed by atoms with Crippen molar-refractivity contribution in [3.05, 3.63) is 83.8 Å². The predicted octanol–water partition coefficient (Wildman–Crippen LogP) is 3.30. The number of para-hydroxylation sites is 1. The summed E-state index contributed by atoms with van der Waals surface area (Å²) >= 11 is 0. The Labute approximate surface area is 180 Å². The second-order valence-corrected chi connectivity index (χ2v) is 7.87. The van der Waals surface area contributed by atoms with Crippen molar-refractivity contribution in [3.8, 4) is 11.5 Å². The average molecular weight is 419 g/mol. The number of phenolic OH excluding ortho intramolecular Hbond substituents is 1. The van der Waals surface area contributed by atoms with E-state index in [-0.39, 0.29) is 29.7 Å². The van der Waals surface area contributed by atoms with Crippen LogP contribution in [0.2, 0.25) is 0 Å². The highest BCUT2D eigenvalue weighted by Crippen LogP contribution is 2.49. The molecule has 1 aromatic heterocycles. The molecule has 3 N–H and O–H groups in total. The van der Waals surface area contributed by atoms with Gasteiger partial charge in [-0.15, -0.1) is 0 Å². The Kier molecular flexibility index (Phi) is 5.13. The van der Waals surface area contributed by atoms with Crippen molar-refractivity contribution in [2.75, 3.05) is 6.61 Å². The number of nitrogens with zero attached hydrogens (tertiary/aromatic N) is 1. The summed E-state index contributed by atoms with van der Waals surface area (Å²) in [6.45, 7) is 2.93. The monoisotopic (exact) mass is 419 g/mol. The summed E-state index contributed by atoms with van der Waals surface area (Å²) in [4.78, 5) is 15.3. The van der Waals surface area contributed by atoms with Crippen LogP contribution in [0.5, 0.6) is 11.5 Å². The first kappa shape index (κ1) is 19.7. The summed E-state index contributed by atoms with van der Waals surface area (Å²) in [5, 5.41) is 10.5. The molecule has 1 amide bonds. The van der Waals surface area contributed by atoms with Crippen LogP contribution in [0, 0.1) is 5.92 Å². The number of carbonyl (C=O) groups excluding carboxylic acids is 1. The van der Waals surface area contributed by atoms with Crippen molar-refractivity contribution in [2.24, 2.45) is 5.92 Å². The Balaban J connectivity index is 1.55. The lowest BCUT2D eigenvalue weighted by Gasteiger charge is -2.31. The van der Waals surface area contributed by atoms with E-state index in [1.165, 1.54) is 0 Å². The lowest BCUT2D eigenvalue weighted by atomic mass is 9.83. The van der Waals surface area contributed by atoms with Crippen LogP contribution in [0.15, 0.2) is 71.3 Å². The van der Waals surface area contributed by atoms with Crippen molar-refractivity contribution >= 4 is 5.91 Å². The van der Waals surface area contributed by atoms with Gasteiger partial charge in [0.2, 0.25) is 5.91 Å². The minimum atomic E-state index is -0.406. The van der Waals surface area contributed by atoms with Crippen LogP contribution < -0.4 is 15.6 Å². The van der Waals surface area contributed by atoms with E-state index in [1.54, 1.807) is 18.4 Å². The quantitative estimate of drug-likeness (QED) is 0.568. The maximum absolute atomic E-state index is 13.4. The Morgan fingerprint density at radius 3 is 2.52 bits per heavy atom. The van der Waals surface area contributed by atoms with Crippen LogP contribution in [-0.2, 0) is 11.3 Å². The Morgan fingerprint density at radius 1 is 1.03 bits per heavy atom. The second-order valence-electron chi connectivity index (χ2n) is 7.87. The maximum Gasteiger partial charge on any atom is 0.242 e. The van der Waals surface area contributed by atoms with Gasteiger partial charge in [0.05, 0.1) is 31.5 Å². The van der Waals surface area contributed by atoms with E-state index in [0.717, 1.165) is 22.6 Å². The Morgan fingerprint density at radius 2 is 1.81 bits per heavy atom. The number of ether oxygens (including phenoxy) is 1. The van der Waals surface area contributed by atoms with Crippen LogP contribution >= 0.6 is 0 Å². The highest BCUT2D eigenvalue weighted by atomic mass is 16.5. The van der Waals surface area contributed by atoms with Crippen molar-refractivity contribution in [1.29, 1.82) is 0 Å². The Hall–Kier alpha value is -3.29. The highest BCUT2D eigenvalue weighted by Gasteiger charge is 2.55. The fourth-order valence-corrected chi connectivity index (χ4v) is 4.79. The van der Waals surface area contributed by atoms with Crippen LogP contribution in [0.25, 0.3) is 0 Å². The molecule has 31 heavy (non-hydrogen) atoms. The minimum absolute atomic E-state index is 0.00528. The number of amides is 1. The molecule has 2 saturated heterocycles. The molecule has 0 spiro atoms. The number of aromatic hydroxyl groups is 1. The molecular formula is C24H25N3O4. The van der Waals surface area contributed by atoms with Gasteiger partial charge in [-0.3, -0.25) is 4.79 Å². The number of hydrogen-bond acceptors (Lipinski definition) is 6. The van der Waals surface area contributed by atoms with E-state index in [4.69, 9.17) is 9.15 Å². The van der Waals surface area contributed by atoms with Crippen molar-refractivity contribution in [1.82, 2.24) is 15.8 Å². The largest absolute Gasteiger partial charge is 0.508 e. The molecule has 0 aliphatic carbocycles. The van der Waals surface area contributed by atoms with Gasteiger partial charge in [0.25, 0.3) is 0 Å². The van der Waals surface area contributed by atoms with Gasteiger partial charge in [-0.25, -0.2) is 10.9 Å². The van der Waals surface area contributed by atoms with E-state index in [0.29, 0.717) is 13.2 Å². The molecule has 160 valence electrons. The molecular weight excluding hydrogens is 394 g/mol. The third kappa shape index (κ3) is 3.45. The van der Waals surface area contributed by atoms with Gasteiger partial charge in [0.1, 0.15) is 23.3 Å². The van der Waals surface area contributed by atoms with Crippen LogP contribution in [0.4, 0.5) is 0 Å². The third-order valence-electron chi connectivity index (χ3n) is 6.12. The fraction of sp³-hybridized carbons (Fsp3) is 0.292. The number of benzene rings is 2. The van der Waals surface area contributed by atoms with Crippen molar-refractivity contribution in [3.63, 3.8) is 0 Å². The number of rotatable bonds is 6.